The Morgan fingerprint density at radius 1 is 1.88 bits per heavy atom. The summed E-state index contributed by atoms with van der Waals surface area (Å²) in [6.45, 7) is 0.851. The minimum atomic E-state index is -5.61. The standard InChI is InChI=1S/C2H4AsFO4/c1-2(5)8-3(4,6)7/h1H3,(H,6,7). The van der Waals surface area contributed by atoms with Crippen LogP contribution in [-0.4, -0.2) is 24.7 Å². The Hall–Kier alpha value is -0.282. The predicted molar refractivity (Wildman–Crippen MR) is 21.5 cm³/mol. The number of hydrogen-bond acceptors (Lipinski definition) is 3. The van der Waals surface area contributed by atoms with Crippen molar-refractivity contribution in [3.05, 3.63) is 0 Å². The van der Waals surface area contributed by atoms with Crippen LogP contribution in [0.3, 0.4) is 0 Å². The van der Waals surface area contributed by atoms with Crippen molar-refractivity contribution in [2.24, 2.45) is 0 Å². The fraction of sp³-hybridized carbons (Fsp3) is 0.500. The van der Waals surface area contributed by atoms with Gasteiger partial charge < -0.3 is 0 Å². The van der Waals surface area contributed by atoms with Crippen molar-refractivity contribution in [3.63, 3.8) is 0 Å². The van der Waals surface area contributed by atoms with Gasteiger partial charge in [-0.2, -0.15) is 0 Å². The first-order chi connectivity index (χ1) is 3.42. The minimum absolute atomic E-state index is 0.851. The normalized spacial score (nSPS) is 16.9. The fourth-order valence-corrected chi connectivity index (χ4v) is 0.824. The number of rotatable bonds is 1. The average molecular weight is 186 g/mol. The molecule has 48 valence electrons. The Kier molecular flexibility index (Phi) is 2.24. The molecule has 1 unspecified atom stereocenters. The van der Waals surface area contributed by atoms with Gasteiger partial charge in [-0.1, -0.05) is 0 Å². The van der Waals surface area contributed by atoms with Crippen molar-refractivity contribution >= 4 is 20.6 Å². The molecule has 1 N–H and O–H groups in total. The second-order valence-corrected chi connectivity index (χ2v) is 3.31. The Labute approximate surface area is 48.1 Å². The molecule has 0 aliphatic rings. The quantitative estimate of drug-likeness (QED) is 0.554. The van der Waals surface area contributed by atoms with Crippen molar-refractivity contribution in [1.29, 1.82) is 0 Å². The number of hydrogen-bond donors (Lipinski definition) is 1. The van der Waals surface area contributed by atoms with Crippen LogP contribution < -0.4 is 0 Å². The summed E-state index contributed by atoms with van der Waals surface area (Å²) in [5.74, 6) is -1.09. The zero-order chi connectivity index (χ0) is 6.78. The van der Waals surface area contributed by atoms with Crippen molar-refractivity contribution in [1.82, 2.24) is 0 Å². The zero-order valence-electron chi connectivity index (χ0n) is 4.00. The summed E-state index contributed by atoms with van der Waals surface area (Å²) < 4.78 is 31.9. The van der Waals surface area contributed by atoms with Crippen molar-refractivity contribution < 1.29 is 19.8 Å². The molecule has 0 spiro atoms. The predicted octanol–water partition coefficient (Wildman–Crippen LogP) is -0.623. The SMILES string of the molecule is CC(=O)O[As](=O)(O)F. The molecule has 0 fully saturated rings. The second kappa shape index (κ2) is 2.33. The Balaban J connectivity index is 3.74. The Morgan fingerprint density at radius 3 is 2.25 bits per heavy atom. The van der Waals surface area contributed by atoms with Crippen LogP contribution in [0.1, 0.15) is 6.92 Å². The summed E-state index contributed by atoms with van der Waals surface area (Å²) in [5, 5.41) is 0. The van der Waals surface area contributed by atoms with E-state index in [4.69, 9.17) is 4.10 Å². The third-order valence-corrected chi connectivity index (χ3v) is 1.25. The van der Waals surface area contributed by atoms with Gasteiger partial charge in [0, 0.05) is 0 Å². The zero-order valence-corrected chi connectivity index (χ0v) is 5.87. The van der Waals surface area contributed by atoms with Gasteiger partial charge in [0.2, 0.25) is 0 Å². The first-order valence-electron chi connectivity index (χ1n) is 1.64. The third-order valence-electron chi connectivity index (χ3n) is 0.241. The molecular weight excluding hydrogens is 182 g/mol. The van der Waals surface area contributed by atoms with Crippen molar-refractivity contribution in [2.45, 2.75) is 6.92 Å². The molecule has 0 rings (SSSR count). The van der Waals surface area contributed by atoms with Gasteiger partial charge in [0.25, 0.3) is 0 Å². The van der Waals surface area contributed by atoms with Crippen LogP contribution in [0.15, 0.2) is 0 Å². The van der Waals surface area contributed by atoms with E-state index in [9.17, 15) is 12.0 Å². The molecule has 1 atom stereocenters. The Bertz CT molecular complexity index is 137. The summed E-state index contributed by atoms with van der Waals surface area (Å²) >= 11 is -5.61. The molecule has 0 bridgehead atoms. The van der Waals surface area contributed by atoms with Gasteiger partial charge in [-0.25, -0.2) is 0 Å². The first-order valence-corrected chi connectivity index (χ1v) is 4.72. The molecule has 0 aromatic heterocycles. The molecule has 4 nitrogen and oxygen atoms in total. The van der Waals surface area contributed by atoms with E-state index in [1.165, 1.54) is 0 Å². The van der Waals surface area contributed by atoms with E-state index >= 15 is 0 Å². The average Bonchev–Trinajstić information content (AvgIpc) is 1.21. The van der Waals surface area contributed by atoms with Crippen molar-refractivity contribution in [3.8, 4) is 0 Å². The van der Waals surface area contributed by atoms with Gasteiger partial charge in [-0.05, 0) is 0 Å². The van der Waals surface area contributed by atoms with Crippen LogP contribution >= 0.6 is 0 Å². The Morgan fingerprint density at radius 2 is 2.25 bits per heavy atom. The monoisotopic (exact) mass is 186 g/mol. The van der Waals surface area contributed by atoms with Crippen LogP contribution in [-0.2, 0) is 12.3 Å². The maximum atomic E-state index is 11.4. The molecule has 0 aliphatic heterocycles. The summed E-state index contributed by atoms with van der Waals surface area (Å²) in [7, 11) is 0. The van der Waals surface area contributed by atoms with E-state index < -0.39 is 20.6 Å². The molecule has 0 saturated carbocycles. The maximum absolute atomic E-state index is 11.4. The van der Waals surface area contributed by atoms with E-state index in [1.54, 1.807) is 0 Å². The van der Waals surface area contributed by atoms with E-state index in [2.05, 4.69) is 3.73 Å². The van der Waals surface area contributed by atoms with Crippen LogP contribution in [0.5, 0.6) is 0 Å². The van der Waals surface area contributed by atoms with Gasteiger partial charge in [0.05, 0.1) is 0 Å². The third kappa shape index (κ3) is 5.72. The van der Waals surface area contributed by atoms with Gasteiger partial charge in [0.15, 0.2) is 0 Å². The molecule has 6 heteroatoms. The summed E-state index contributed by atoms with van der Waals surface area (Å²) in [4.78, 5) is 9.68. The second-order valence-electron chi connectivity index (χ2n) is 1.03. The van der Waals surface area contributed by atoms with Crippen molar-refractivity contribution in [2.75, 3.05) is 0 Å². The molecular formula is C2H4AsFO4. The topological polar surface area (TPSA) is 63.6 Å². The van der Waals surface area contributed by atoms with Crippen LogP contribution in [0.4, 0.5) is 3.47 Å². The molecule has 0 aliphatic carbocycles. The molecule has 0 aromatic rings. The van der Waals surface area contributed by atoms with E-state index in [0.717, 1.165) is 6.92 Å². The summed E-state index contributed by atoms with van der Waals surface area (Å²) in [5.41, 5.74) is 0. The molecule has 0 aromatic carbocycles. The number of halogens is 1. The van der Waals surface area contributed by atoms with Gasteiger partial charge in [0.1, 0.15) is 0 Å². The van der Waals surface area contributed by atoms with E-state index in [0.29, 0.717) is 0 Å². The molecule has 0 radical (unpaired) electrons. The van der Waals surface area contributed by atoms with Gasteiger partial charge >= 0.3 is 47.4 Å². The van der Waals surface area contributed by atoms with E-state index in [-0.39, 0.29) is 0 Å². The van der Waals surface area contributed by atoms with Crippen LogP contribution in [0, 0.1) is 0 Å². The van der Waals surface area contributed by atoms with E-state index in [1.807, 2.05) is 0 Å². The molecule has 8 heavy (non-hydrogen) atoms. The first kappa shape index (κ1) is 7.72. The van der Waals surface area contributed by atoms with Gasteiger partial charge in [-0.15, -0.1) is 0 Å². The number of carbonyl (C=O) groups excluding carboxylic acids is 1. The fourth-order valence-electron chi connectivity index (χ4n) is 0.159. The van der Waals surface area contributed by atoms with Crippen LogP contribution in [0.25, 0.3) is 0 Å². The van der Waals surface area contributed by atoms with Gasteiger partial charge in [-0.3, -0.25) is 0 Å². The summed E-state index contributed by atoms with van der Waals surface area (Å²) in [6.07, 6.45) is 0. The molecule has 0 saturated heterocycles. The molecule has 0 heterocycles. The number of carbonyl (C=O) groups is 1. The van der Waals surface area contributed by atoms with Crippen LogP contribution in [0.2, 0.25) is 0 Å². The summed E-state index contributed by atoms with van der Waals surface area (Å²) in [6, 6.07) is 0. The molecule has 0 amide bonds.